The van der Waals surface area contributed by atoms with Crippen LogP contribution in [0.1, 0.15) is 36.6 Å². The van der Waals surface area contributed by atoms with E-state index in [9.17, 15) is 14.7 Å². The third-order valence-electron chi connectivity index (χ3n) is 6.22. The number of hydrogen-bond acceptors (Lipinski definition) is 9. The highest BCUT2D eigenvalue weighted by molar-refractivity contribution is 5.95. The highest BCUT2D eigenvalue weighted by Crippen LogP contribution is 2.35. The minimum atomic E-state index is -1.12. The number of methoxy groups -OCH3 is 1. The maximum atomic E-state index is 12.4. The maximum Gasteiger partial charge on any atom is 0.337 e. The smallest absolute Gasteiger partial charge is 0.337 e. The lowest BCUT2D eigenvalue weighted by atomic mass is 9.95. The minimum Gasteiger partial charge on any atom is -0.490 e. The molecule has 1 heterocycles. The van der Waals surface area contributed by atoms with Crippen LogP contribution in [-0.4, -0.2) is 49.9 Å². The molecule has 2 amide bonds. The topological polar surface area (TPSA) is 140 Å². The molecule has 3 aromatic rings. The molecule has 220 valence electrons. The Morgan fingerprint density at radius 2 is 1.86 bits per heavy atom. The zero-order valence-corrected chi connectivity index (χ0v) is 23.6. The molecule has 11 nitrogen and oxygen atoms in total. The van der Waals surface area contributed by atoms with Gasteiger partial charge in [-0.2, -0.15) is 5.10 Å². The van der Waals surface area contributed by atoms with Gasteiger partial charge >= 0.3 is 12.0 Å². The molecule has 0 aliphatic carbocycles. The van der Waals surface area contributed by atoms with Crippen molar-refractivity contribution >= 4 is 18.2 Å². The molecule has 0 saturated heterocycles. The van der Waals surface area contributed by atoms with E-state index in [-0.39, 0.29) is 12.2 Å². The Morgan fingerprint density at radius 1 is 1.05 bits per heavy atom. The number of allylic oxidation sites excluding steroid dienone is 1. The first kappa shape index (κ1) is 29.9. The zero-order chi connectivity index (χ0) is 29.9. The summed E-state index contributed by atoms with van der Waals surface area (Å²) in [7, 11) is 1.28. The standard InChI is InChI=1S/C31H34N4O7/c1-4-40-26-16-23(29-28(30(37)39-3)20(2)33-31(38)34-29)13-14-25(26)42-19-27(36)35-32-17-22-11-8-12-24(15-22)41-18-21-9-6-5-7-10-21/h5-17,27,29,35-36H,4,18-19H2,1-3H3,(H2,33,34,38)/b32-17+/t27-,29+/m0/s1. The van der Waals surface area contributed by atoms with Gasteiger partial charge in [0.1, 0.15) is 19.0 Å². The molecule has 0 radical (unpaired) electrons. The van der Waals surface area contributed by atoms with Crippen molar-refractivity contribution < 1.29 is 33.6 Å². The van der Waals surface area contributed by atoms with E-state index in [0.717, 1.165) is 11.1 Å². The molecule has 3 aromatic carbocycles. The van der Waals surface area contributed by atoms with Crippen LogP contribution in [0.2, 0.25) is 0 Å². The third-order valence-corrected chi connectivity index (χ3v) is 6.22. The van der Waals surface area contributed by atoms with Gasteiger partial charge in [0.2, 0.25) is 0 Å². The molecule has 0 bridgehead atoms. The van der Waals surface area contributed by atoms with Crippen LogP contribution in [0.5, 0.6) is 17.2 Å². The second kappa shape index (κ2) is 14.6. The number of esters is 1. The number of rotatable bonds is 13. The van der Waals surface area contributed by atoms with Crippen molar-refractivity contribution in [3.8, 4) is 17.2 Å². The summed E-state index contributed by atoms with van der Waals surface area (Å²) in [6.45, 7) is 4.12. The van der Waals surface area contributed by atoms with Crippen LogP contribution in [0.4, 0.5) is 4.79 Å². The van der Waals surface area contributed by atoms with E-state index in [2.05, 4.69) is 21.2 Å². The zero-order valence-electron chi connectivity index (χ0n) is 23.6. The van der Waals surface area contributed by atoms with Gasteiger partial charge in [-0.05, 0) is 54.8 Å². The second-order valence-electron chi connectivity index (χ2n) is 9.26. The Labute approximate surface area is 244 Å². The molecule has 11 heteroatoms. The van der Waals surface area contributed by atoms with Crippen molar-refractivity contribution in [1.82, 2.24) is 16.1 Å². The van der Waals surface area contributed by atoms with Gasteiger partial charge in [-0.3, -0.25) is 5.43 Å². The number of carbonyl (C=O) groups excluding carboxylic acids is 2. The highest BCUT2D eigenvalue weighted by atomic mass is 16.5. The normalized spacial score (nSPS) is 15.4. The van der Waals surface area contributed by atoms with Crippen molar-refractivity contribution in [2.75, 3.05) is 20.3 Å². The number of hydrazone groups is 1. The third kappa shape index (κ3) is 8.01. The molecule has 0 saturated carbocycles. The first-order valence-corrected chi connectivity index (χ1v) is 13.4. The summed E-state index contributed by atoms with van der Waals surface area (Å²) in [6, 6.07) is 21.2. The number of carbonyl (C=O) groups is 2. The Bertz CT molecular complexity index is 1440. The minimum absolute atomic E-state index is 0.131. The fraction of sp³-hybridized carbons (Fsp3) is 0.258. The fourth-order valence-electron chi connectivity index (χ4n) is 4.25. The Morgan fingerprint density at radius 3 is 2.62 bits per heavy atom. The monoisotopic (exact) mass is 574 g/mol. The Balaban J connectivity index is 1.36. The molecule has 1 aliphatic rings. The number of amides is 2. The van der Waals surface area contributed by atoms with E-state index < -0.39 is 24.3 Å². The Hall–Kier alpha value is -5.03. The van der Waals surface area contributed by atoms with Crippen molar-refractivity contribution in [2.45, 2.75) is 32.7 Å². The molecule has 0 unspecified atom stereocenters. The molecule has 0 fully saturated rings. The van der Waals surface area contributed by atoms with Crippen molar-refractivity contribution in [2.24, 2.45) is 5.10 Å². The average Bonchev–Trinajstić information content (AvgIpc) is 2.99. The van der Waals surface area contributed by atoms with Crippen LogP contribution < -0.4 is 30.3 Å². The van der Waals surface area contributed by atoms with E-state index in [1.807, 2.05) is 61.5 Å². The van der Waals surface area contributed by atoms with E-state index in [1.165, 1.54) is 7.11 Å². The van der Waals surface area contributed by atoms with Gasteiger partial charge in [-0.15, -0.1) is 0 Å². The summed E-state index contributed by atoms with van der Waals surface area (Å²) in [4.78, 5) is 24.5. The van der Waals surface area contributed by atoms with E-state index in [0.29, 0.717) is 41.7 Å². The van der Waals surface area contributed by atoms with E-state index >= 15 is 0 Å². The van der Waals surface area contributed by atoms with Gasteiger partial charge < -0.3 is 34.7 Å². The van der Waals surface area contributed by atoms with E-state index in [1.54, 1.807) is 31.3 Å². The number of benzene rings is 3. The largest absolute Gasteiger partial charge is 0.490 e. The number of nitrogens with one attached hydrogen (secondary N) is 3. The molecule has 4 N–H and O–H groups in total. The van der Waals surface area contributed by atoms with Gasteiger partial charge in [0, 0.05) is 5.70 Å². The first-order chi connectivity index (χ1) is 20.4. The summed E-state index contributed by atoms with van der Waals surface area (Å²) in [5.74, 6) is 0.887. The predicted octanol–water partition coefficient (Wildman–Crippen LogP) is 3.79. The highest BCUT2D eigenvalue weighted by Gasteiger charge is 2.32. The van der Waals surface area contributed by atoms with Crippen molar-refractivity contribution in [1.29, 1.82) is 0 Å². The van der Waals surface area contributed by atoms with Crippen LogP contribution in [0.25, 0.3) is 0 Å². The van der Waals surface area contributed by atoms with Crippen LogP contribution in [-0.2, 0) is 16.1 Å². The molecule has 4 rings (SSSR count). The Kier molecular flexibility index (Phi) is 10.4. The molecule has 0 spiro atoms. The first-order valence-electron chi connectivity index (χ1n) is 13.4. The van der Waals surface area contributed by atoms with E-state index in [4.69, 9.17) is 18.9 Å². The fourth-order valence-corrected chi connectivity index (χ4v) is 4.25. The van der Waals surface area contributed by atoms with Crippen molar-refractivity contribution in [3.63, 3.8) is 0 Å². The van der Waals surface area contributed by atoms with Gasteiger partial charge in [0.05, 0.1) is 31.5 Å². The SMILES string of the molecule is CCOc1cc([C@H]2NC(=O)NC(C)=C2C(=O)OC)ccc1OC[C@H](O)N/N=C/c1cccc(OCc2ccccc2)c1. The predicted molar refractivity (Wildman–Crippen MR) is 156 cm³/mol. The molecule has 2 atom stereocenters. The van der Waals surface area contributed by atoms with Crippen LogP contribution in [0.15, 0.2) is 89.2 Å². The molecular formula is C31H34N4O7. The van der Waals surface area contributed by atoms with Crippen molar-refractivity contribution in [3.05, 3.63) is 101 Å². The van der Waals surface area contributed by atoms with Gasteiger partial charge in [-0.25, -0.2) is 9.59 Å². The number of nitrogens with zero attached hydrogens (tertiary/aromatic N) is 1. The molecule has 1 aliphatic heterocycles. The average molecular weight is 575 g/mol. The van der Waals surface area contributed by atoms with Gasteiger partial charge in [0.15, 0.2) is 17.7 Å². The maximum absolute atomic E-state index is 12.4. The quantitative estimate of drug-likeness (QED) is 0.105. The summed E-state index contributed by atoms with van der Waals surface area (Å²) < 4.78 is 22.3. The number of aliphatic hydroxyl groups excluding tert-OH is 1. The lowest BCUT2D eigenvalue weighted by Crippen LogP contribution is -2.45. The summed E-state index contributed by atoms with van der Waals surface area (Å²) in [6.07, 6.45) is 0.453. The number of urea groups is 1. The molecular weight excluding hydrogens is 540 g/mol. The second-order valence-corrected chi connectivity index (χ2v) is 9.26. The molecule has 0 aromatic heterocycles. The van der Waals surface area contributed by atoms with Gasteiger partial charge in [0.25, 0.3) is 0 Å². The van der Waals surface area contributed by atoms with Gasteiger partial charge in [-0.1, -0.05) is 48.5 Å². The van der Waals surface area contributed by atoms with Crippen LogP contribution >= 0.6 is 0 Å². The lowest BCUT2D eigenvalue weighted by Gasteiger charge is -2.28. The number of hydrogen-bond donors (Lipinski definition) is 4. The lowest BCUT2D eigenvalue weighted by molar-refractivity contribution is -0.136. The summed E-state index contributed by atoms with van der Waals surface area (Å²) in [5.41, 5.74) is 5.76. The summed E-state index contributed by atoms with van der Waals surface area (Å²) in [5, 5.41) is 19.8. The number of aliphatic hydroxyl groups is 1. The summed E-state index contributed by atoms with van der Waals surface area (Å²) >= 11 is 0. The molecule has 42 heavy (non-hydrogen) atoms. The number of ether oxygens (including phenoxy) is 4. The van der Waals surface area contributed by atoms with Crippen LogP contribution in [0, 0.1) is 0 Å². The van der Waals surface area contributed by atoms with Crippen LogP contribution in [0.3, 0.4) is 0 Å².